The van der Waals surface area contributed by atoms with Gasteiger partial charge in [0.1, 0.15) is 0 Å². The third-order valence-corrected chi connectivity index (χ3v) is 3.86. The third-order valence-electron chi connectivity index (χ3n) is 3.86. The summed E-state index contributed by atoms with van der Waals surface area (Å²) >= 11 is 0. The Morgan fingerprint density at radius 2 is 1.88 bits per heavy atom. The van der Waals surface area contributed by atoms with Crippen molar-refractivity contribution in [1.82, 2.24) is 0 Å². The van der Waals surface area contributed by atoms with E-state index in [2.05, 4.69) is 48.1 Å². The van der Waals surface area contributed by atoms with Gasteiger partial charge in [0, 0.05) is 41.3 Å². The van der Waals surface area contributed by atoms with Gasteiger partial charge in [-0.15, -0.1) is 0 Å². The molecular formula is C21H20N2O. The summed E-state index contributed by atoms with van der Waals surface area (Å²) in [5.74, 6) is -0.0808. The number of para-hydroxylation sites is 1. The maximum absolute atomic E-state index is 11.5. The molecule has 0 bridgehead atoms. The molecule has 120 valence electrons. The Kier molecular flexibility index (Phi) is 4.34. The molecule has 3 heteroatoms. The smallest absolute Gasteiger partial charge is 0.221 e. The Labute approximate surface area is 142 Å². The van der Waals surface area contributed by atoms with E-state index in [1.54, 1.807) is 0 Å². The van der Waals surface area contributed by atoms with Crippen LogP contribution in [0.5, 0.6) is 0 Å². The van der Waals surface area contributed by atoms with Crippen LogP contribution in [-0.4, -0.2) is 5.91 Å². The van der Waals surface area contributed by atoms with Gasteiger partial charge in [-0.25, -0.2) is 0 Å². The van der Waals surface area contributed by atoms with E-state index >= 15 is 0 Å². The highest BCUT2D eigenvalue weighted by Gasteiger charge is 2.15. The highest BCUT2D eigenvalue weighted by molar-refractivity contribution is 5.95. The van der Waals surface area contributed by atoms with Crippen molar-refractivity contribution in [2.75, 3.05) is 10.2 Å². The van der Waals surface area contributed by atoms with Crippen LogP contribution in [0.25, 0.3) is 5.57 Å². The van der Waals surface area contributed by atoms with Gasteiger partial charge in [0.2, 0.25) is 5.91 Å². The lowest BCUT2D eigenvalue weighted by Gasteiger charge is -2.26. The molecule has 0 aliphatic carbocycles. The highest BCUT2D eigenvalue weighted by atomic mass is 16.1. The number of carbonyl (C=O) groups excluding carboxylic acids is 1. The number of carbonyl (C=O) groups is 1. The van der Waals surface area contributed by atoms with Crippen LogP contribution in [-0.2, 0) is 4.79 Å². The number of anilines is 2. The van der Waals surface area contributed by atoms with E-state index < -0.39 is 0 Å². The molecule has 2 aromatic rings. The molecule has 0 radical (unpaired) electrons. The maximum atomic E-state index is 11.5. The summed E-state index contributed by atoms with van der Waals surface area (Å²) in [5.41, 5.74) is 5.98. The molecule has 0 saturated heterocycles. The number of hydrogen-bond acceptors (Lipinski definition) is 2. The Morgan fingerprint density at radius 3 is 2.62 bits per heavy atom. The first-order valence-corrected chi connectivity index (χ1v) is 7.86. The number of nitrogens with one attached hydrogen (secondary N) is 1. The topological polar surface area (TPSA) is 32.3 Å². The van der Waals surface area contributed by atoms with Crippen molar-refractivity contribution in [3.05, 3.63) is 90.3 Å². The van der Waals surface area contributed by atoms with Gasteiger partial charge in [0.25, 0.3) is 0 Å². The lowest BCUT2D eigenvalue weighted by Crippen LogP contribution is -2.17. The van der Waals surface area contributed by atoms with E-state index in [9.17, 15) is 4.79 Å². The molecule has 0 saturated carbocycles. The second-order valence-corrected chi connectivity index (χ2v) is 5.84. The molecule has 3 nitrogen and oxygen atoms in total. The van der Waals surface area contributed by atoms with Crippen molar-refractivity contribution in [2.24, 2.45) is 0 Å². The van der Waals surface area contributed by atoms with Gasteiger partial charge in [-0.3, -0.25) is 4.79 Å². The van der Waals surface area contributed by atoms with E-state index in [1.165, 1.54) is 12.5 Å². The molecule has 24 heavy (non-hydrogen) atoms. The molecule has 0 unspecified atom stereocenters. The number of hydrogen-bond donors (Lipinski definition) is 1. The predicted octanol–water partition coefficient (Wildman–Crippen LogP) is 4.88. The van der Waals surface area contributed by atoms with Crippen molar-refractivity contribution >= 4 is 22.9 Å². The first-order valence-electron chi connectivity index (χ1n) is 7.86. The van der Waals surface area contributed by atoms with Crippen LogP contribution in [0.3, 0.4) is 0 Å². The molecular weight excluding hydrogens is 296 g/mol. The normalized spacial score (nSPS) is 13.7. The number of amides is 1. The molecule has 1 aliphatic heterocycles. The maximum Gasteiger partial charge on any atom is 0.221 e. The number of aryl methyl sites for hydroxylation is 1. The van der Waals surface area contributed by atoms with Crippen LogP contribution in [0.1, 0.15) is 18.1 Å². The van der Waals surface area contributed by atoms with Gasteiger partial charge in [-0.05, 0) is 36.8 Å². The highest BCUT2D eigenvalue weighted by Crippen LogP contribution is 2.32. The number of benzene rings is 2. The van der Waals surface area contributed by atoms with Gasteiger partial charge in [0.05, 0.1) is 0 Å². The molecule has 1 aliphatic rings. The summed E-state index contributed by atoms with van der Waals surface area (Å²) in [6.07, 6.45) is 6.06. The quantitative estimate of drug-likeness (QED) is 0.875. The fourth-order valence-corrected chi connectivity index (χ4v) is 2.74. The summed E-state index contributed by atoms with van der Waals surface area (Å²) in [6.45, 7) is 7.71. The van der Waals surface area contributed by atoms with Gasteiger partial charge < -0.3 is 10.2 Å². The number of allylic oxidation sites excluding steroid dienone is 3. The van der Waals surface area contributed by atoms with Gasteiger partial charge in [0.15, 0.2) is 0 Å². The van der Waals surface area contributed by atoms with Crippen LogP contribution in [0.2, 0.25) is 0 Å². The van der Waals surface area contributed by atoms with Crippen molar-refractivity contribution in [3.8, 4) is 0 Å². The summed E-state index contributed by atoms with van der Waals surface area (Å²) in [7, 11) is 0. The lowest BCUT2D eigenvalue weighted by molar-refractivity contribution is -0.114. The van der Waals surface area contributed by atoms with Crippen LogP contribution in [0.15, 0.2) is 79.2 Å². The predicted molar refractivity (Wildman–Crippen MR) is 101 cm³/mol. The van der Waals surface area contributed by atoms with E-state index in [1.807, 2.05) is 42.5 Å². The molecule has 1 N–H and O–H groups in total. The van der Waals surface area contributed by atoms with Gasteiger partial charge in [-0.1, -0.05) is 43.0 Å². The van der Waals surface area contributed by atoms with Crippen molar-refractivity contribution in [2.45, 2.75) is 13.8 Å². The summed E-state index contributed by atoms with van der Waals surface area (Å²) in [5, 5.41) is 2.89. The average Bonchev–Trinajstić information content (AvgIpc) is 2.55. The third kappa shape index (κ3) is 3.30. The molecule has 1 heterocycles. The molecule has 0 atom stereocenters. The minimum absolute atomic E-state index is 0.0808. The molecule has 1 amide bonds. The number of rotatable bonds is 3. The summed E-state index contributed by atoms with van der Waals surface area (Å²) in [4.78, 5) is 13.5. The van der Waals surface area contributed by atoms with E-state index in [4.69, 9.17) is 0 Å². The molecule has 0 aromatic heterocycles. The Hall–Kier alpha value is -3.07. The van der Waals surface area contributed by atoms with Gasteiger partial charge >= 0.3 is 0 Å². The SMILES string of the molecule is C=C1C=CC(c2ccccc2NC(C)=O)=CN1c1cccc(C)c1. The fourth-order valence-electron chi connectivity index (χ4n) is 2.74. The Balaban J connectivity index is 2.03. The lowest BCUT2D eigenvalue weighted by atomic mass is 10.0. The van der Waals surface area contributed by atoms with Crippen LogP contribution in [0.4, 0.5) is 11.4 Å². The zero-order chi connectivity index (χ0) is 17.1. The zero-order valence-electron chi connectivity index (χ0n) is 13.9. The van der Waals surface area contributed by atoms with Crippen molar-refractivity contribution in [1.29, 1.82) is 0 Å². The molecule has 0 fully saturated rings. The fraction of sp³-hybridized carbons (Fsp3) is 0.0952. The molecule has 0 spiro atoms. The number of nitrogens with zero attached hydrogens (tertiary/aromatic N) is 1. The second kappa shape index (κ2) is 6.59. The Morgan fingerprint density at radius 1 is 1.08 bits per heavy atom. The summed E-state index contributed by atoms with van der Waals surface area (Å²) in [6, 6.07) is 16.1. The molecule has 3 rings (SSSR count). The van der Waals surface area contributed by atoms with Crippen molar-refractivity contribution in [3.63, 3.8) is 0 Å². The minimum atomic E-state index is -0.0808. The second-order valence-electron chi connectivity index (χ2n) is 5.84. The van der Waals surface area contributed by atoms with Gasteiger partial charge in [-0.2, -0.15) is 0 Å². The first-order chi connectivity index (χ1) is 11.5. The van der Waals surface area contributed by atoms with E-state index in [-0.39, 0.29) is 5.91 Å². The average molecular weight is 316 g/mol. The van der Waals surface area contributed by atoms with Crippen LogP contribution < -0.4 is 10.2 Å². The summed E-state index contributed by atoms with van der Waals surface area (Å²) < 4.78 is 0. The minimum Gasteiger partial charge on any atom is -0.326 e. The standard InChI is InChI=1S/C21H20N2O/c1-15-7-6-8-19(13-15)23-14-18(12-11-16(23)2)20-9-4-5-10-21(20)22-17(3)24/h4-14H,2H2,1,3H3,(H,22,24). The largest absolute Gasteiger partial charge is 0.326 e. The van der Waals surface area contributed by atoms with E-state index in [0.717, 1.165) is 28.2 Å². The Bertz CT molecular complexity index is 862. The van der Waals surface area contributed by atoms with Crippen LogP contribution in [0, 0.1) is 6.92 Å². The van der Waals surface area contributed by atoms with Crippen LogP contribution >= 0.6 is 0 Å². The monoisotopic (exact) mass is 316 g/mol. The molecule has 2 aromatic carbocycles. The van der Waals surface area contributed by atoms with E-state index in [0.29, 0.717) is 0 Å². The zero-order valence-corrected chi connectivity index (χ0v) is 13.9. The van der Waals surface area contributed by atoms with Crippen molar-refractivity contribution < 1.29 is 4.79 Å². The first kappa shape index (κ1) is 15.8.